The molecule has 7 nitrogen and oxygen atoms in total. The topological polar surface area (TPSA) is 73.5 Å². The summed E-state index contributed by atoms with van der Waals surface area (Å²) in [5, 5.41) is 7.98. The van der Waals surface area contributed by atoms with Crippen LogP contribution < -0.4 is 5.32 Å². The van der Waals surface area contributed by atoms with Gasteiger partial charge in [0.2, 0.25) is 0 Å². The van der Waals surface area contributed by atoms with E-state index in [1.165, 1.54) is 12.8 Å². The van der Waals surface area contributed by atoms with Crippen LogP contribution in [0.2, 0.25) is 0 Å². The number of fused-ring (bicyclic) bond motifs is 1. The third kappa shape index (κ3) is 2.78. The Balaban J connectivity index is 1.55. The predicted molar refractivity (Wildman–Crippen MR) is 88.3 cm³/mol. The summed E-state index contributed by atoms with van der Waals surface area (Å²) in [6, 6.07) is 0. The van der Waals surface area contributed by atoms with Crippen LogP contribution in [-0.4, -0.2) is 35.8 Å². The van der Waals surface area contributed by atoms with Gasteiger partial charge < -0.3 is 9.88 Å². The van der Waals surface area contributed by atoms with E-state index in [9.17, 15) is 0 Å². The van der Waals surface area contributed by atoms with Gasteiger partial charge in [-0.25, -0.2) is 15.0 Å². The molecule has 1 saturated carbocycles. The average molecular weight is 311 g/mol. The maximum absolute atomic E-state index is 4.77. The third-order valence-electron chi connectivity index (χ3n) is 4.25. The first-order valence-electron chi connectivity index (χ1n) is 8.13. The van der Waals surface area contributed by atoms with Crippen LogP contribution in [-0.2, 0) is 13.6 Å². The van der Waals surface area contributed by atoms with Crippen molar-refractivity contribution < 1.29 is 0 Å². The monoisotopic (exact) mass is 311 g/mol. The van der Waals surface area contributed by atoms with Crippen molar-refractivity contribution in [2.45, 2.75) is 38.6 Å². The number of nitrogens with zero attached hydrogens (tertiary/aromatic N) is 6. The summed E-state index contributed by atoms with van der Waals surface area (Å²) in [7, 11) is 1.95. The zero-order chi connectivity index (χ0) is 15.8. The Morgan fingerprint density at radius 1 is 1.30 bits per heavy atom. The van der Waals surface area contributed by atoms with Crippen LogP contribution in [0.5, 0.6) is 0 Å². The molecule has 0 amide bonds. The summed E-state index contributed by atoms with van der Waals surface area (Å²) in [5.74, 6) is 2.40. The first kappa shape index (κ1) is 14.2. The van der Waals surface area contributed by atoms with Crippen LogP contribution in [0.1, 0.15) is 36.7 Å². The van der Waals surface area contributed by atoms with E-state index < -0.39 is 0 Å². The van der Waals surface area contributed by atoms with Gasteiger partial charge >= 0.3 is 0 Å². The molecule has 0 aliphatic heterocycles. The van der Waals surface area contributed by atoms with Crippen molar-refractivity contribution >= 4 is 16.9 Å². The number of imidazole rings is 1. The molecule has 1 aliphatic rings. The van der Waals surface area contributed by atoms with Crippen molar-refractivity contribution in [3.05, 3.63) is 30.2 Å². The van der Waals surface area contributed by atoms with Crippen LogP contribution in [0, 0.1) is 6.92 Å². The van der Waals surface area contributed by atoms with Crippen LogP contribution in [0.3, 0.4) is 0 Å². The fraction of sp³-hybridized carbons (Fsp3) is 0.500. The number of anilines is 1. The van der Waals surface area contributed by atoms with Gasteiger partial charge in [0, 0.05) is 38.4 Å². The number of hydrogen-bond acceptors (Lipinski definition) is 5. The second-order valence-electron chi connectivity index (χ2n) is 6.19. The lowest BCUT2D eigenvalue weighted by atomic mass is 10.3. The van der Waals surface area contributed by atoms with Crippen molar-refractivity contribution in [1.29, 1.82) is 0 Å². The lowest BCUT2D eigenvalue weighted by Crippen LogP contribution is -2.10. The largest absolute Gasteiger partial charge is 0.368 e. The highest BCUT2D eigenvalue weighted by molar-refractivity contribution is 5.87. The fourth-order valence-corrected chi connectivity index (χ4v) is 2.89. The van der Waals surface area contributed by atoms with Gasteiger partial charge in [-0.1, -0.05) is 0 Å². The number of rotatable bonds is 6. The lowest BCUT2D eigenvalue weighted by molar-refractivity contribution is 0.659. The summed E-state index contributed by atoms with van der Waals surface area (Å²) < 4.78 is 3.96. The number of aromatic nitrogens is 6. The van der Waals surface area contributed by atoms with Crippen LogP contribution in [0.4, 0.5) is 5.82 Å². The van der Waals surface area contributed by atoms with Crippen molar-refractivity contribution in [3.63, 3.8) is 0 Å². The minimum Gasteiger partial charge on any atom is -0.368 e. The first-order valence-corrected chi connectivity index (χ1v) is 8.13. The van der Waals surface area contributed by atoms with E-state index in [0.29, 0.717) is 5.92 Å². The van der Waals surface area contributed by atoms with E-state index >= 15 is 0 Å². The molecule has 0 aromatic carbocycles. The van der Waals surface area contributed by atoms with Crippen molar-refractivity contribution in [2.24, 2.45) is 7.05 Å². The Hall–Kier alpha value is -2.44. The van der Waals surface area contributed by atoms with E-state index in [2.05, 4.69) is 20.0 Å². The summed E-state index contributed by atoms with van der Waals surface area (Å²) >= 11 is 0. The van der Waals surface area contributed by atoms with Crippen LogP contribution >= 0.6 is 0 Å². The normalized spacial score (nSPS) is 14.5. The molecule has 1 N–H and O–H groups in total. The predicted octanol–water partition coefficient (Wildman–Crippen LogP) is 2.25. The zero-order valence-corrected chi connectivity index (χ0v) is 13.5. The molecule has 1 aliphatic carbocycles. The first-order chi connectivity index (χ1) is 11.2. The summed E-state index contributed by atoms with van der Waals surface area (Å²) in [6.45, 7) is 3.81. The van der Waals surface area contributed by atoms with Gasteiger partial charge in [0.15, 0.2) is 5.82 Å². The lowest BCUT2D eigenvalue weighted by Gasteiger charge is -2.10. The van der Waals surface area contributed by atoms with E-state index in [4.69, 9.17) is 9.97 Å². The maximum Gasteiger partial charge on any atom is 0.156 e. The van der Waals surface area contributed by atoms with Crippen LogP contribution in [0.25, 0.3) is 11.0 Å². The molecule has 3 aromatic rings. The molecule has 0 radical (unpaired) electrons. The molecule has 1 fully saturated rings. The van der Waals surface area contributed by atoms with E-state index in [0.717, 1.165) is 47.9 Å². The highest BCUT2D eigenvalue weighted by atomic mass is 15.3. The highest BCUT2D eigenvalue weighted by Gasteiger charge is 2.28. The smallest absolute Gasteiger partial charge is 0.156 e. The van der Waals surface area contributed by atoms with E-state index in [-0.39, 0.29) is 0 Å². The minimum absolute atomic E-state index is 0.533. The Labute approximate surface area is 134 Å². The number of aryl methyl sites for hydroxylation is 3. The van der Waals surface area contributed by atoms with E-state index in [1.54, 1.807) is 0 Å². The number of hydrogen-bond donors (Lipinski definition) is 1. The van der Waals surface area contributed by atoms with Gasteiger partial charge in [0.05, 0.1) is 12.0 Å². The molecule has 0 unspecified atom stereocenters. The van der Waals surface area contributed by atoms with Gasteiger partial charge in [-0.15, -0.1) is 0 Å². The molecule has 0 bridgehead atoms. The second-order valence-corrected chi connectivity index (χ2v) is 6.19. The van der Waals surface area contributed by atoms with Gasteiger partial charge in [-0.3, -0.25) is 4.68 Å². The van der Waals surface area contributed by atoms with Gasteiger partial charge in [0.1, 0.15) is 16.9 Å². The zero-order valence-electron chi connectivity index (χ0n) is 13.5. The van der Waals surface area contributed by atoms with E-state index in [1.807, 2.05) is 37.4 Å². The molecular formula is C16H21N7. The van der Waals surface area contributed by atoms with Crippen molar-refractivity contribution in [2.75, 3.05) is 11.9 Å². The Morgan fingerprint density at radius 3 is 2.91 bits per heavy atom. The molecule has 3 aromatic heterocycles. The molecule has 4 rings (SSSR count). The molecule has 23 heavy (non-hydrogen) atoms. The second kappa shape index (κ2) is 5.64. The molecule has 0 saturated heterocycles. The van der Waals surface area contributed by atoms with Gasteiger partial charge in [-0.2, -0.15) is 5.10 Å². The van der Waals surface area contributed by atoms with Crippen molar-refractivity contribution in [1.82, 2.24) is 29.3 Å². The molecule has 0 spiro atoms. The fourth-order valence-electron chi connectivity index (χ4n) is 2.89. The summed E-state index contributed by atoms with van der Waals surface area (Å²) in [4.78, 5) is 13.6. The molecule has 0 atom stereocenters. The molecule has 7 heteroatoms. The van der Waals surface area contributed by atoms with Gasteiger partial charge in [-0.05, 0) is 26.2 Å². The quantitative estimate of drug-likeness (QED) is 0.707. The molecule has 120 valence electrons. The standard InChI is InChI=1S/C16H21N7/c1-11-13-14(22(2)21-11)16(20-15(19-13)12-4-5-12)18-6-3-8-23-9-7-17-10-23/h7,9-10,12H,3-6,8H2,1-2H3,(H,18,19,20). The van der Waals surface area contributed by atoms with Crippen molar-refractivity contribution in [3.8, 4) is 0 Å². The third-order valence-corrected chi connectivity index (χ3v) is 4.25. The number of nitrogens with one attached hydrogen (secondary N) is 1. The SMILES string of the molecule is Cc1nn(C)c2c(NCCCn3ccnc3)nc(C3CC3)nc12. The maximum atomic E-state index is 4.77. The molecular weight excluding hydrogens is 290 g/mol. The van der Waals surface area contributed by atoms with Gasteiger partial charge in [0.25, 0.3) is 0 Å². The summed E-state index contributed by atoms with van der Waals surface area (Å²) in [6.07, 6.45) is 9.05. The Bertz CT molecular complexity index is 815. The highest BCUT2D eigenvalue weighted by Crippen LogP contribution is 2.39. The summed E-state index contributed by atoms with van der Waals surface area (Å²) in [5.41, 5.74) is 2.93. The Kier molecular flexibility index (Phi) is 3.48. The Morgan fingerprint density at radius 2 is 2.17 bits per heavy atom. The van der Waals surface area contributed by atoms with Crippen LogP contribution in [0.15, 0.2) is 18.7 Å². The molecule has 3 heterocycles. The average Bonchev–Trinajstić information content (AvgIpc) is 3.19. The minimum atomic E-state index is 0.533.